The second-order valence-corrected chi connectivity index (χ2v) is 7.82. The van der Waals surface area contributed by atoms with E-state index in [1.54, 1.807) is 18.5 Å². The van der Waals surface area contributed by atoms with Gasteiger partial charge in [0.2, 0.25) is 11.8 Å². The molecule has 6 heteroatoms. The van der Waals surface area contributed by atoms with Crippen LogP contribution >= 0.6 is 0 Å². The molecule has 28 heavy (non-hydrogen) atoms. The molecular formula is C22H26N4O2. The van der Waals surface area contributed by atoms with E-state index < -0.39 is 0 Å². The number of benzene rings is 1. The van der Waals surface area contributed by atoms with Gasteiger partial charge in [-0.15, -0.1) is 0 Å². The maximum atomic E-state index is 12.5. The van der Waals surface area contributed by atoms with Crippen molar-refractivity contribution in [1.29, 1.82) is 0 Å². The lowest BCUT2D eigenvalue weighted by molar-refractivity contribution is -0.121. The average molecular weight is 378 g/mol. The van der Waals surface area contributed by atoms with Gasteiger partial charge in [0.1, 0.15) is 0 Å². The van der Waals surface area contributed by atoms with Crippen LogP contribution in [-0.4, -0.2) is 46.9 Å². The second-order valence-electron chi connectivity index (χ2n) is 7.82. The van der Waals surface area contributed by atoms with Crippen molar-refractivity contribution >= 4 is 17.5 Å². The van der Waals surface area contributed by atoms with Gasteiger partial charge in [0, 0.05) is 37.8 Å². The number of hydrogen-bond donors (Lipinski definition) is 2. The average Bonchev–Trinajstić information content (AvgIpc) is 3.05. The number of rotatable bonds is 5. The smallest absolute Gasteiger partial charge is 0.228 e. The maximum Gasteiger partial charge on any atom is 0.228 e. The van der Waals surface area contributed by atoms with Crippen molar-refractivity contribution in [3.8, 4) is 0 Å². The molecule has 1 spiro atoms. The van der Waals surface area contributed by atoms with Crippen molar-refractivity contribution in [3.63, 3.8) is 0 Å². The molecule has 0 unspecified atom stereocenters. The molecule has 1 atom stereocenters. The maximum absolute atomic E-state index is 12.5. The molecule has 3 heterocycles. The number of amides is 2. The third-order valence-corrected chi connectivity index (χ3v) is 5.92. The van der Waals surface area contributed by atoms with Gasteiger partial charge in [0.15, 0.2) is 0 Å². The molecule has 0 aliphatic carbocycles. The van der Waals surface area contributed by atoms with Gasteiger partial charge in [0.05, 0.1) is 17.8 Å². The fourth-order valence-electron chi connectivity index (χ4n) is 4.29. The van der Waals surface area contributed by atoms with Crippen LogP contribution in [0.15, 0.2) is 54.9 Å². The molecule has 1 aromatic carbocycles. The highest BCUT2D eigenvalue weighted by molar-refractivity contribution is 5.90. The highest BCUT2D eigenvalue weighted by atomic mass is 16.2. The Morgan fingerprint density at radius 3 is 2.68 bits per heavy atom. The van der Waals surface area contributed by atoms with Gasteiger partial charge in [-0.3, -0.25) is 14.6 Å². The fourth-order valence-corrected chi connectivity index (χ4v) is 4.29. The van der Waals surface area contributed by atoms with Crippen LogP contribution < -0.4 is 10.6 Å². The quantitative estimate of drug-likeness (QED) is 0.839. The molecule has 4 rings (SSSR count). The number of hydrogen-bond acceptors (Lipinski definition) is 4. The molecular weight excluding hydrogens is 352 g/mol. The van der Waals surface area contributed by atoms with E-state index in [1.807, 2.05) is 36.4 Å². The lowest BCUT2D eigenvalue weighted by atomic mass is 9.82. The van der Waals surface area contributed by atoms with Gasteiger partial charge in [-0.2, -0.15) is 0 Å². The summed E-state index contributed by atoms with van der Waals surface area (Å²) in [5, 5.41) is 6.16. The van der Waals surface area contributed by atoms with Crippen LogP contribution in [-0.2, 0) is 9.59 Å². The Labute approximate surface area is 165 Å². The highest BCUT2D eigenvalue weighted by Crippen LogP contribution is 2.39. The summed E-state index contributed by atoms with van der Waals surface area (Å²) in [5.74, 6) is 0.111. The van der Waals surface area contributed by atoms with Crippen LogP contribution in [0.5, 0.6) is 0 Å². The van der Waals surface area contributed by atoms with Gasteiger partial charge in [-0.05, 0) is 37.0 Å². The molecule has 2 fully saturated rings. The number of likely N-dealkylation sites (tertiary alicyclic amines) is 1. The zero-order chi connectivity index (χ0) is 19.4. The van der Waals surface area contributed by atoms with E-state index in [2.05, 4.69) is 20.5 Å². The van der Waals surface area contributed by atoms with Crippen LogP contribution in [0, 0.1) is 0 Å². The van der Waals surface area contributed by atoms with Crippen molar-refractivity contribution in [1.82, 2.24) is 15.2 Å². The molecule has 6 nitrogen and oxygen atoms in total. The lowest BCUT2D eigenvalue weighted by Crippen LogP contribution is -2.51. The standard InChI is InChI=1S/C22H26N4O2/c27-20(24-18-7-4-11-23-16-18)8-12-26-13-9-22(10-14-26)15-19(21(28)25-22)17-5-2-1-3-6-17/h1-7,11,16,19H,8-10,12-15H2,(H,24,27)(H,25,28)/t19-/m1/s1. The van der Waals surface area contributed by atoms with E-state index in [1.165, 1.54) is 0 Å². The molecule has 2 aliphatic heterocycles. The third-order valence-electron chi connectivity index (χ3n) is 5.92. The zero-order valence-corrected chi connectivity index (χ0v) is 15.9. The first-order chi connectivity index (χ1) is 13.6. The molecule has 0 radical (unpaired) electrons. The predicted octanol–water partition coefficient (Wildman–Crippen LogP) is 2.55. The van der Waals surface area contributed by atoms with Crippen LogP contribution in [0.4, 0.5) is 5.69 Å². The Kier molecular flexibility index (Phi) is 5.39. The van der Waals surface area contributed by atoms with Gasteiger partial charge in [0.25, 0.3) is 0 Å². The monoisotopic (exact) mass is 378 g/mol. The Balaban J connectivity index is 1.26. The summed E-state index contributed by atoms with van der Waals surface area (Å²) in [6.07, 6.45) is 6.53. The first kappa shape index (κ1) is 18.6. The van der Waals surface area contributed by atoms with Crippen molar-refractivity contribution in [2.24, 2.45) is 0 Å². The number of carbonyl (C=O) groups excluding carboxylic acids is 2. The van der Waals surface area contributed by atoms with E-state index in [0.717, 1.165) is 50.1 Å². The Bertz CT molecular complexity index is 817. The summed E-state index contributed by atoms with van der Waals surface area (Å²) in [6.45, 7) is 2.54. The number of nitrogens with zero attached hydrogens (tertiary/aromatic N) is 2. The summed E-state index contributed by atoms with van der Waals surface area (Å²) >= 11 is 0. The SMILES string of the molecule is O=C(CCN1CCC2(CC1)C[C@H](c1ccccc1)C(=O)N2)Nc1cccnc1. The molecule has 2 aliphatic rings. The number of pyridine rings is 1. The van der Waals surface area contributed by atoms with Gasteiger partial charge in [-0.25, -0.2) is 0 Å². The first-order valence-electron chi connectivity index (χ1n) is 9.93. The molecule has 146 valence electrons. The minimum atomic E-state index is -0.0912. The second kappa shape index (κ2) is 8.10. The van der Waals surface area contributed by atoms with Crippen LogP contribution in [0.3, 0.4) is 0 Å². The molecule has 2 amide bonds. The molecule has 0 saturated carbocycles. The summed E-state index contributed by atoms with van der Waals surface area (Å²) in [7, 11) is 0. The normalized spacial score (nSPS) is 21.4. The Morgan fingerprint density at radius 1 is 1.18 bits per heavy atom. The van der Waals surface area contributed by atoms with Crippen molar-refractivity contribution < 1.29 is 9.59 Å². The largest absolute Gasteiger partial charge is 0.350 e. The van der Waals surface area contributed by atoms with Crippen LogP contribution in [0.1, 0.15) is 37.2 Å². The van der Waals surface area contributed by atoms with E-state index in [0.29, 0.717) is 6.42 Å². The summed E-state index contributed by atoms with van der Waals surface area (Å²) < 4.78 is 0. The van der Waals surface area contributed by atoms with E-state index in [4.69, 9.17) is 0 Å². The zero-order valence-electron chi connectivity index (χ0n) is 15.9. The summed E-state index contributed by atoms with van der Waals surface area (Å²) in [4.78, 5) is 31.0. The number of anilines is 1. The van der Waals surface area contributed by atoms with Crippen LogP contribution in [0.2, 0.25) is 0 Å². The van der Waals surface area contributed by atoms with Crippen molar-refractivity contribution in [2.75, 3.05) is 25.0 Å². The Hall–Kier alpha value is -2.73. The van der Waals surface area contributed by atoms with Crippen molar-refractivity contribution in [2.45, 2.75) is 37.1 Å². The summed E-state index contributed by atoms with van der Waals surface area (Å²) in [5.41, 5.74) is 1.74. The highest BCUT2D eigenvalue weighted by Gasteiger charge is 2.45. The van der Waals surface area contributed by atoms with Gasteiger partial charge >= 0.3 is 0 Å². The van der Waals surface area contributed by atoms with Gasteiger partial charge < -0.3 is 15.5 Å². The van der Waals surface area contributed by atoms with E-state index >= 15 is 0 Å². The fraction of sp³-hybridized carbons (Fsp3) is 0.409. The minimum Gasteiger partial charge on any atom is -0.350 e. The lowest BCUT2D eigenvalue weighted by Gasteiger charge is -2.39. The van der Waals surface area contributed by atoms with Crippen LogP contribution in [0.25, 0.3) is 0 Å². The minimum absolute atomic E-state index is 0.00611. The number of carbonyl (C=O) groups is 2. The molecule has 0 bridgehead atoms. The number of nitrogens with one attached hydrogen (secondary N) is 2. The molecule has 1 aromatic heterocycles. The Morgan fingerprint density at radius 2 is 1.96 bits per heavy atom. The summed E-state index contributed by atoms with van der Waals surface area (Å²) in [6, 6.07) is 13.7. The number of aromatic nitrogens is 1. The molecule has 2 saturated heterocycles. The van der Waals surface area contributed by atoms with Crippen molar-refractivity contribution in [3.05, 3.63) is 60.4 Å². The number of piperidine rings is 1. The van der Waals surface area contributed by atoms with E-state index in [-0.39, 0.29) is 23.3 Å². The molecule has 2 aromatic rings. The predicted molar refractivity (Wildman–Crippen MR) is 108 cm³/mol. The first-order valence-corrected chi connectivity index (χ1v) is 9.93. The topological polar surface area (TPSA) is 74.3 Å². The van der Waals surface area contributed by atoms with Gasteiger partial charge in [-0.1, -0.05) is 30.3 Å². The molecule has 2 N–H and O–H groups in total. The third kappa shape index (κ3) is 4.22. The van der Waals surface area contributed by atoms with E-state index in [9.17, 15) is 9.59 Å².